The van der Waals surface area contributed by atoms with Crippen molar-refractivity contribution in [3.63, 3.8) is 0 Å². The quantitative estimate of drug-likeness (QED) is 0.434. The standard InChI is InChI=1S/C28H34N2O5/c1-3-28(4-2,26(33)30-24(15-25(31)32)18-13-14-18)17-29-27(34)35-16-23-21-11-7-5-9-19(21)20-10-6-8-12-22(20)23/h5-12,18,23-24H,3-4,13-17H2,1-2H3,(H,29,34)(H,30,33)(H,31,32). The minimum absolute atomic E-state index is 0.0334. The van der Waals surface area contributed by atoms with Crippen LogP contribution in [0.2, 0.25) is 0 Å². The minimum atomic E-state index is -0.919. The Morgan fingerprint density at radius 3 is 2.09 bits per heavy atom. The Morgan fingerprint density at radius 1 is 1.00 bits per heavy atom. The zero-order valence-electron chi connectivity index (χ0n) is 20.4. The zero-order valence-corrected chi connectivity index (χ0v) is 20.4. The van der Waals surface area contributed by atoms with Gasteiger partial charge in [0, 0.05) is 18.5 Å². The van der Waals surface area contributed by atoms with E-state index in [0.717, 1.165) is 35.1 Å². The molecule has 35 heavy (non-hydrogen) atoms. The van der Waals surface area contributed by atoms with Crippen molar-refractivity contribution in [2.75, 3.05) is 13.2 Å². The summed E-state index contributed by atoms with van der Waals surface area (Å²) in [5, 5.41) is 15.0. The third kappa shape index (κ3) is 5.34. The predicted octanol–water partition coefficient (Wildman–Crippen LogP) is 4.70. The molecular formula is C28H34N2O5. The monoisotopic (exact) mass is 478 g/mol. The van der Waals surface area contributed by atoms with Gasteiger partial charge in [0.25, 0.3) is 0 Å². The Kier molecular flexibility index (Phi) is 7.43. The number of amides is 2. The van der Waals surface area contributed by atoms with Gasteiger partial charge in [0.05, 0.1) is 11.8 Å². The number of alkyl carbamates (subject to hydrolysis) is 1. The van der Waals surface area contributed by atoms with Gasteiger partial charge in [-0.1, -0.05) is 62.4 Å². The second kappa shape index (κ2) is 10.5. The topological polar surface area (TPSA) is 105 Å². The van der Waals surface area contributed by atoms with Crippen molar-refractivity contribution in [1.29, 1.82) is 0 Å². The molecule has 2 aromatic rings. The highest BCUT2D eigenvalue weighted by atomic mass is 16.5. The second-order valence-electron chi connectivity index (χ2n) is 9.68. The van der Waals surface area contributed by atoms with Crippen LogP contribution in [0, 0.1) is 11.3 Å². The molecule has 2 aromatic carbocycles. The minimum Gasteiger partial charge on any atom is -0.481 e. The Balaban J connectivity index is 1.37. The molecule has 0 aromatic heterocycles. The molecule has 1 saturated carbocycles. The van der Waals surface area contributed by atoms with E-state index in [1.54, 1.807) is 0 Å². The lowest BCUT2D eigenvalue weighted by Crippen LogP contribution is -2.51. The lowest BCUT2D eigenvalue weighted by molar-refractivity contribution is -0.138. The van der Waals surface area contributed by atoms with E-state index in [4.69, 9.17) is 4.74 Å². The molecule has 0 spiro atoms. The fourth-order valence-electron chi connectivity index (χ4n) is 5.14. The van der Waals surface area contributed by atoms with Crippen molar-refractivity contribution in [2.24, 2.45) is 11.3 Å². The first kappa shape index (κ1) is 24.8. The number of nitrogens with one attached hydrogen (secondary N) is 2. The Morgan fingerprint density at radius 2 is 1.57 bits per heavy atom. The predicted molar refractivity (Wildman–Crippen MR) is 133 cm³/mol. The molecule has 0 bridgehead atoms. The molecule has 1 unspecified atom stereocenters. The second-order valence-corrected chi connectivity index (χ2v) is 9.68. The average molecular weight is 479 g/mol. The average Bonchev–Trinajstić information content (AvgIpc) is 3.66. The van der Waals surface area contributed by atoms with Crippen LogP contribution in [0.4, 0.5) is 4.79 Å². The summed E-state index contributed by atoms with van der Waals surface area (Å²) in [4.78, 5) is 37.1. The third-order valence-electron chi connectivity index (χ3n) is 7.65. The van der Waals surface area contributed by atoms with Gasteiger partial charge >= 0.3 is 12.1 Å². The highest BCUT2D eigenvalue weighted by Crippen LogP contribution is 2.44. The fourth-order valence-corrected chi connectivity index (χ4v) is 5.14. The van der Waals surface area contributed by atoms with Gasteiger partial charge in [-0.25, -0.2) is 4.79 Å². The van der Waals surface area contributed by atoms with Crippen molar-refractivity contribution in [3.05, 3.63) is 59.7 Å². The zero-order chi connectivity index (χ0) is 25.0. The first-order chi connectivity index (χ1) is 16.9. The van der Waals surface area contributed by atoms with Crippen LogP contribution >= 0.6 is 0 Å². The van der Waals surface area contributed by atoms with E-state index in [-0.39, 0.29) is 43.4 Å². The van der Waals surface area contributed by atoms with Crippen molar-refractivity contribution in [3.8, 4) is 11.1 Å². The van der Waals surface area contributed by atoms with Gasteiger partial charge in [0.15, 0.2) is 0 Å². The van der Waals surface area contributed by atoms with E-state index in [1.165, 1.54) is 0 Å². The molecule has 2 aliphatic rings. The summed E-state index contributed by atoms with van der Waals surface area (Å²) >= 11 is 0. The molecule has 1 atom stereocenters. The summed E-state index contributed by atoms with van der Waals surface area (Å²) in [7, 11) is 0. The van der Waals surface area contributed by atoms with Crippen molar-refractivity contribution < 1.29 is 24.2 Å². The number of ether oxygens (including phenoxy) is 1. The number of carboxylic acid groups (broad SMARTS) is 1. The van der Waals surface area contributed by atoms with E-state index in [9.17, 15) is 19.5 Å². The van der Waals surface area contributed by atoms with E-state index in [0.29, 0.717) is 12.8 Å². The van der Waals surface area contributed by atoms with Crippen molar-refractivity contribution in [1.82, 2.24) is 10.6 Å². The number of hydrogen-bond donors (Lipinski definition) is 3. The van der Waals surface area contributed by atoms with Crippen LogP contribution in [0.5, 0.6) is 0 Å². The van der Waals surface area contributed by atoms with Gasteiger partial charge in [0.2, 0.25) is 5.91 Å². The largest absolute Gasteiger partial charge is 0.481 e. The molecule has 3 N–H and O–H groups in total. The first-order valence-corrected chi connectivity index (χ1v) is 12.5. The van der Waals surface area contributed by atoms with Gasteiger partial charge in [0.1, 0.15) is 6.61 Å². The number of carbonyl (C=O) groups is 3. The van der Waals surface area contributed by atoms with Gasteiger partial charge in [-0.15, -0.1) is 0 Å². The normalized spacial score (nSPS) is 15.6. The Bertz CT molecular complexity index is 1040. The van der Waals surface area contributed by atoms with Crippen LogP contribution in [0.15, 0.2) is 48.5 Å². The Labute approximate surface area is 206 Å². The molecule has 7 nitrogen and oxygen atoms in total. The van der Waals surface area contributed by atoms with E-state index >= 15 is 0 Å². The van der Waals surface area contributed by atoms with E-state index in [1.807, 2.05) is 38.1 Å². The number of carboxylic acids is 1. The highest BCUT2D eigenvalue weighted by Gasteiger charge is 2.40. The maximum absolute atomic E-state index is 13.2. The van der Waals surface area contributed by atoms with Crippen LogP contribution in [-0.2, 0) is 14.3 Å². The molecule has 0 heterocycles. The Hall–Kier alpha value is -3.35. The van der Waals surface area contributed by atoms with Gasteiger partial charge in [-0.2, -0.15) is 0 Å². The summed E-state index contributed by atoms with van der Waals surface area (Å²) in [6.07, 6.45) is 2.26. The van der Waals surface area contributed by atoms with Crippen molar-refractivity contribution in [2.45, 2.75) is 57.9 Å². The number of rotatable bonds is 11. The van der Waals surface area contributed by atoms with Gasteiger partial charge in [-0.3, -0.25) is 9.59 Å². The first-order valence-electron chi connectivity index (χ1n) is 12.5. The van der Waals surface area contributed by atoms with Crippen LogP contribution in [0.1, 0.15) is 63.0 Å². The number of fused-ring (bicyclic) bond motifs is 3. The molecule has 4 rings (SSSR count). The molecule has 0 saturated heterocycles. The maximum Gasteiger partial charge on any atom is 0.407 e. The lowest BCUT2D eigenvalue weighted by Gasteiger charge is -2.32. The third-order valence-corrected chi connectivity index (χ3v) is 7.65. The van der Waals surface area contributed by atoms with E-state index < -0.39 is 17.5 Å². The van der Waals surface area contributed by atoms with Crippen LogP contribution in [0.25, 0.3) is 11.1 Å². The molecule has 186 valence electrons. The fraction of sp³-hybridized carbons (Fsp3) is 0.464. The molecule has 2 amide bonds. The summed E-state index contributed by atoms with van der Waals surface area (Å²) < 4.78 is 5.63. The SMILES string of the molecule is CCC(CC)(CNC(=O)OCC1c2ccccc2-c2ccccc21)C(=O)NC(CC(=O)O)C1CC1. The summed E-state index contributed by atoms with van der Waals surface area (Å²) in [5.74, 6) is -0.942. The molecular weight excluding hydrogens is 444 g/mol. The van der Waals surface area contributed by atoms with Crippen molar-refractivity contribution >= 4 is 18.0 Å². The van der Waals surface area contributed by atoms with Gasteiger partial charge in [-0.05, 0) is 53.9 Å². The summed E-state index contributed by atoms with van der Waals surface area (Å²) in [6, 6.07) is 15.9. The molecule has 7 heteroatoms. The maximum atomic E-state index is 13.2. The summed E-state index contributed by atoms with van der Waals surface area (Å²) in [6.45, 7) is 4.16. The number of hydrogen-bond acceptors (Lipinski definition) is 4. The summed E-state index contributed by atoms with van der Waals surface area (Å²) in [5.41, 5.74) is 3.79. The van der Waals surface area contributed by atoms with Gasteiger partial charge < -0.3 is 20.5 Å². The number of aliphatic carboxylic acids is 1. The highest BCUT2D eigenvalue weighted by molar-refractivity contribution is 5.84. The van der Waals surface area contributed by atoms with Crippen LogP contribution in [0.3, 0.4) is 0 Å². The molecule has 0 radical (unpaired) electrons. The molecule has 0 aliphatic heterocycles. The molecule has 2 aliphatic carbocycles. The number of benzene rings is 2. The van der Waals surface area contributed by atoms with E-state index in [2.05, 4.69) is 34.9 Å². The lowest BCUT2D eigenvalue weighted by atomic mass is 9.80. The van der Waals surface area contributed by atoms with Crippen LogP contribution in [-0.4, -0.2) is 42.3 Å². The number of carbonyl (C=O) groups excluding carboxylic acids is 2. The molecule has 1 fully saturated rings. The van der Waals surface area contributed by atoms with Crippen LogP contribution < -0.4 is 10.6 Å². The smallest absolute Gasteiger partial charge is 0.407 e.